The van der Waals surface area contributed by atoms with Crippen LogP contribution >= 0.6 is 0 Å². The molecule has 6 aliphatic carbocycles. The van der Waals surface area contributed by atoms with Gasteiger partial charge in [-0.3, -0.25) is 0 Å². The molecule has 0 atom stereocenters. The van der Waals surface area contributed by atoms with E-state index in [0.717, 1.165) is 39.0 Å². The first-order valence-corrected chi connectivity index (χ1v) is 51.1. The maximum Gasteiger partial charge on any atom is 0.136 e. The van der Waals surface area contributed by atoms with Crippen molar-refractivity contribution in [3.05, 3.63) is 610 Å². The van der Waals surface area contributed by atoms with Crippen molar-refractivity contribution in [1.29, 1.82) is 0 Å². The number of hydrogen-bond donors (Lipinski definition) is 0. The minimum absolute atomic E-state index is 0.106. The fourth-order valence-corrected chi connectivity index (χ4v) is 25.8. The van der Waals surface area contributed by atoms with Crippen LogP contribution in [0, 0.1) is 0 Å². The molecule has 2 nitrogen and oxygen atoms in total. The molecule has 31 rings (SSSR count). The van der Waals surface area contributed by atoms with Crippen LogP contribution in [0.4, 0.5) is 0 Å². The lowest BCUT2D eigenvalue weighted by atomic mass is 9.75. The van der Waals surface area contributed by atoms with E-state index in [1.807, 2.05) is 18.2 Å². The van der Waals surface area contributed by atoms with E-state index in [-0.39, 0.29) is 23.2 Å². The second kappa shape index (κ2) is 34.0. The third-order valence-electron chi connectivity index (χ3n) is 32.4. The standard InChI is InChI=1S/C51H32.C48H34O.C45H28O/c1-2-15-37-35(13-1)36-14-3-4-20-42(36)48-31-34(29-30-43(37)48)32-25-27-33(28-26-32)49(50-44-21-9-5-16-38(44)39-17-6-10-22-45(39)50)51-46-23-11-7-18-40(46)41-19-8-12-24-47(41)51;1-48(2)41-21-11-12-22-43(41)49-44-28-27-32(29-42(44)48)30-23-25-31(26-24-30)45(46-37-17-7-3-13-33(37)34-14-4-8-18-38(34)46)47-39-19-9-5-15-35(39)36-16-6-10-20-40(36)47;1-5-16-37-31(11-1)32-12-2-6-17-38(32)44(37)43(45-39-18-7-3-13-33(39)34-14-4-8-19-40(34)45)29-23-21-28(22-24-29)30-25-26-36-35-15-9-10-20-41(35)46-42(36)27-30/h1-31,50H;3-29,46H,1-2H3;1-27,44H. The van der Waals surface area contributed by atoms with E-state index in [1.165, 1.54) is 255 Å². The average molecular weight is 1860 g/mol. The Morgan fingerprint density at radius 1 is 0.171 bits per heavy atom. The van der Waals surface area contributed by atoms with E-state index >= 15 is 0 Å². The second-order valence-corrected chi connectivity index (χ2v) is 40.3. The lowest BCUT2D eigenvalue weighted by Crippen LogP contribution is -2.24. The van der Waals surface area contributed by atoms with Crippen LogP contribution in [0.25, 0.3) is 188 Å². The molecule has 24 aromatic rings. The van der Waals surface area contributed by atoms with Crippen LogP contribution in [0.15, 0.2) is 520 Å². The molecular weight excluding hydrogens is 1760 g/mol. The summed E-state index contributed by atoms with van der Waals surface area (Å²) in [5, 5.41) is 10.1. The minimum atomic E-state index is -0.162. The van der Waals surface area contributed by atoms with Crippen LogP contribution in [-0.4, -0.2) is 0 Å². The molecule has 1 aromatic heterocycles. The van der Waals surface area contributed by atoms with Crippen molar-refractivity contribution in [3.63, 3.8) is 0 Å². The van der Waals surface area contributed by atoms with Crippen LogP contribution in [0.1, 0.15) is 126 Å². The zero-order chi connectivity index (χ0) is 96.3. The zero-order valence-electron chi connectivity index (χ0n) is 80.6. The van der Waals surface area contributed by atoms with Gasteiger partial charge in [0.05, 0.1) is 0 Å². The minimum Gasteiger partial charge on any atom is -0.457 e. The first-order valence-electron chi connectivity index (χ1n) is 51.1. The fourth-order valence-electron chi connectivity index (χ4n) is 25.8. The van der Waals surface area contributed by atoms with Gasteiger partial charge < -0.3 is 9.15 Å². The van der Waals surface area contributed by atoms with Gasteiger partial charge in [-0.2, -0.15) is 0 Å². The van der Waals surface area contributed by atoms with E-state index in [1.54, 1.807) is 0 Å². The molecule has 0 N–H and O–H groups in total. The van der Waals surface area contributed by atoms with Crippen molar-refractivity contribution in [2.45, 2.75) is 37.0 Å². The van der Waals surface area contributed by atoms with E-state index in [2.05, 4.69) is 511 Å². The molecule has 1 aliphatic heterocycles. The van der Waals surface area contributed by atoms with E-state index in [0.29, 0.717) is 0 Å². The van der Waals surface area contributed by atoms with Gasteiger partial charge in [0.1, 0.15) is 22.7 Å². The van der Waals surface area contributed by atoms with Gasteiger partial charge in [-0.05, 0) is 292 Å². The summed E-state index contributed by atoms with van der Waals surface area (Å²) < 4.78 is 12.6. The zero-order valence-corrected chi connectivity index (χ0v) is 80.6. The van der Waals surface area contributed by atoms with Crippen molar-refractivity contribution in [2.24, 2.45) is 0 Å². The largest absolute Gasteiger partial charge is 0.457 e. The van der Waals surface area contributed by atoms with Gasteiger partial charge in [0, 0.05) is 45.1 Å². The van der Waals surface area contributed by atoms with Crippen LogP contribution in [0.2, 0.25) is 0 Å². The van der Waals surface area contributed by atoms with Crippen LogP contribution in [-0.2, 0) is 5.41 Å². The van der Waals surface area contributed by atoms with Crippen molar-refractivity contribution in [2.75, 3.05) is 0 Å². The maximum atomic E-state index is 6.38. The van der Waals surface area contributed by atoms with Gasteiger partial charge in [-0.25, -0.2) is 0 Å². The SMILES string of the molecule is CC1(C)c2ccccc2Oc2ccc(-c3ccc(C(=C4c5ccccc5-c5ccccc54)C4c5ccccc5-c5ccccc54)cc3)cc21.c1ccc2c(c1)C(=C(c1ccc(-c3ccc4c(c3)oc3ccccc34)cc1)C1c3ccccc3-c3ccccc31)c1ccccc1-2.c1ccc2c(c1)C(=C(c1ccc(-c3ccc4c5ccccc5c5ccccc5c4c3)cc1)C1c3ccccc3-c3ccccc31)c1ccccc1-2. The Balaban J connectivity index is 0.000000104. The maximum absolute atomic E-state index is 6.38. The Hall–Kier alpha value is -18.3. The first-order chi connectivity index (χ1) is 72.2. The molecule has 0 spiro atoms. The monoisotopic (exact) mass is 1850 g/mol. The highest BCUT2D eigenvalue weighted by Gasteiger charge is 2.42. The van der Waals surface area contributed by atoms with Gasteiger partial charge in [0.15, 0.2) is 0 Å². The summed E-state index contributed by atoms with van der Waals surface area (Å²) in [6.45, 7) is 4.60. The normalized spacial score (nSPS) is 13.5. The van der Waals surface area contributed by atoms with Crippen molar-refractivity contribution in [1.82, 2.24) is 0 Å². The smallest absolute Gasteiger partial charge is 0.136 e. The molecule has 2 heteroatoms. The molecule has 0 radical (unpaired) electrons. The summed E-state index contributed by atoms with van der Waals surface area (Å²) >= 11 is 0. The summed E-state index contributed by atoms with van der Waals surface area (Å²) in [6, 6.07) is 190. The number of rotatable bonds is 9. The Kier molecular flexibility index (Phi) is 19.7. The van der Waals surface area contributed by atoms with Gasteiger partial charge in [0.25, 0.3) is 0 Å². The lowest BCUT2D eigenvalue weighted by molar-refractivity contribution is 0.418. The van der Waals surface area contributed by atoms with Crippen molar-refractivity contribution >= 4 is 87.7 Å². The lowest BCUT2D eigenvalue weighted by Gasteiger charge is -2.34. The molecule has 0 fully saturated rings. The van der Waals surface area contributed by atoms with Gasteiger partial charge in [-0.15, -0.1) is 0 Å². The molecule has 146 heavy (non-hydrogen) atoms. The molecule has 0 saturated heterocycles. The molecule has 2 heterocycles. The molecule has 7 aliphatic rings. The number of hydrogen-bond acceptors (Lipinski definition) is 2. The van der Waals surface area contributed by atoms with Gasteiger partial charge in [-0.1, -0.05) is 487 Å². The van der Waals surface area contributed by atoms with Crippen LogP contribution < -0.4 is 4.74 Å². The number of fused-ring (bicyclic) bond motifs is 29. The Labute approximate surface area is 849 Å². The van der Waals surface area contributed by atoms with E-state index in [9.17, 15) is 0 Å². The summed E-state index contributed by atoms with van der Waals surface area (Å²) in [4.78, 5) is 0. The van der Waals surface area contributed by atoms with Gasteiger partial charge >= 0.3 is 0 Å². The number of para-hydroxylation sites is 2. The summed E-state index contributed by atoms with van der Waals surface area (Å²) in [5.74, 6) is 2.21. The highest BCUT2D eigenvalue weighted by Crippen LogP contribution is 2.63. The Morgan fingerprint density at radius 2 is 0.411 bits per heavy atom. The molecule has 0 unspecified atom stereocenters. The third-order valence-corrected chi connectivity index (χ3v) is 32.4. The molecule has 0 bridgehead atoms. The predicted octanol–water partition coefficient (Wildman–Crippen LogP) is 38.1. The third kappa shape index (κ3) is 13.3. The van der Waals surface area contributed by atoms with Gasteiger partial charge in [0.2, 0.25) is 0 Å². The number of ether oxygens (including phenoxy) is 1. The Bertz CT molecular complexity index is 9370. The van der Waals surface area contributed by atoms with E-state index in [4.69, 9.17) is 9.15 Å². The predicted molar refractivity (Wildman–Crippen MR) is 609 cm³/mol. The topological polar surface area (TPSA) is 22.4 Å². The van der Waals surface area contributed by atoms with Crippen molar-refractivity contribution in [3.8, 4) is 112 Å². The number of allylic oxidation sites excluding steroid dienone is 3. The quantitative estimate of drug-likeness (QED) is 0.134. The molecule has 682 valence electrons. The first kappa shape index (κ1) is 84.5. The highest BCUT2D eigenvalue weighted by atomic mass is 16.5. The highest BCUT2D eigenvalue weighted by molar-refractivity contribution is 6.26. The Morgan fingerprint density at radius 3 is 0.767 bits per heavy atom. The fraction of sp³-hybridized carbons (Fsp3) is 0.0417. The van der Waals surface area contributed by atoms with Crippen molar-refractivity contribution < 1.29 is 9.15 Å². The summed E-state index contributed by atoms with van der Waals surface area (Å²) in [7, 11) is 0. The molecular formula is C144H94O2. The summed E-state index contributed by atoms with van der Waals surface area (Å²) in [6.07, 6.45) is 0. The van der Waals surface area contributed by atoms with Crippen LogP contribution in [0.5, 0.6) is 11.5 Å². The number of benzene rings is 23. The molecule has 0 amide bonds. The number of furan rings is 1. The molecule has 23 aromatic carbocycles. The average Bonchev–Trinajstić information content (AvgIpc) is 1.42. The second-order valence-electron chi connectivity index (χ2n) is 40.3. The molecule has 0 saturated carbocycles. The summed E-state index contributed by atoms with van der Waals surface area (Å²) in [5.41, 5.74) is 55.1. The van der Waals surface area contributed by atoms with Crippen LogP contribution in [0.3, 0.4) is 0 Å². The van der Waals surface area contributed by atoms with E-state index < -0.39 is 0 Å².